The van der Waals surface area contributed by atoms with E-state index in [0.717, 1.165) is 25.9 Å². The van der Waals surface area contributed by atoms with Gasteiger partial charge in [-0.2, -0.15) is 4.31 Å². The number of benzene rings is 1. The number of rotatable bonds is 9. The molecule has 29 heavy (non-hydrogen) atoms. The van der Waals surface area contributed by atoms with E-state index in [2.05, 4.69) is 36.0 Å². The first-order valence-corrected chi connectivity index (χ1v) is 12.0. The zero-order valence-corrected chi connectivity index (χ0v) is 19.1. The van der Waals surface area contributed by atoms with Crippen LogP contribution in [-0.2, 0) is 16.6 Å². The second kappa shape index (κ2) is 10.9. The number of likely N-dealkylation sites (N-methyl/N-ethyl adjacent to an activating group) is 1. The summed E-state index contributed by atoms with van der Waals surface area (Å²) < 4.78 is 27.8. The minimum absolute atomic E-state index is 0.237. The molecule has 8 heteroatoms. The molecule has 0 aromatic heterocycles. The summed E-state index contributed by atoms with van der Waals surface area (Å²) >= 11 is 0. The van der Waals surface area contributed by atoms with Crippen LogP contribution >= 0.6 is 0 Å². The minimum Gasteiger partial charge on any atom is -0.370 e. The number of guanidine groups is 1. The van der Waals surface area contributed by atoms with Crippen molar-refractivity contribution >= 4 is 16.0 Å². The predicted molar refractivity (Wildman–Crippen MR) is 119 cm³/mol. The highest BCUT2D eigenvalue weighted by atomic mass is 32.2. The van der Waals surface area contributed by atoms with Crippen molar-refractivity contribution in [3.05, 3.63) is 29.8 Å². The van der Waals surface area contributed by atoms with E-state index in [0.29, 0.717) is 35.4 Å². The first kappa shape index (κ1) is 23.6. The summed E-state index contributed by atoms with van der Waals surface area (Å²) in [6, 6.07) is 7.31. The molecule has 0 saturated carbocycles. The van der Waals surface area contributed by atoms with Gasteiger partial charge in [0.2, 0.25) is 10.0 Å². The van der Waals surface area contributed by atoms with Crippen LogP contribution in [0.1, 0.15) is 45.6 Å². The van der Waals surface area contributed by atoms with Crippen molar-refractivity contribution in [1.29, 1.82) is 0 Å². The van der Waals surface area contributed by atoms with Gasteiger partial charge in [-0.15, -0.1) is 0 Å². The van der Waals surface area contributed by atoms with E-state index < -0.39 is 10.0 Å². The van der Waals surface area contributed by atoms with Crippen LogP contribution in [0, 0.1) is 5.92 Å². The SMILES string of the molecule is CC(C)CCCC(C)NC(N)=NCc1ccccc1S(=O)(=O)N1CCN(C)CC1. The van der Waals surface area contributed by atoms with Gasteiger partial charge in [0.25, 0.3) is 0 Å². The van der Waals surface area contributed by atoms with E-state index >= 15 is 0 Å². The summed E-state index contributed by atoms with van der Waals surface area (Å²) in [6.45, 7) is 9.27. The third-order valence-electron chi connectivity index (χ3n) is 5.29. The van der Waals surface area contributed by atoms with Gasteiger partial charge in [-0.1, -0.05) is 44.9 Å². The predicted octanol–water partition coefficient (Wildman–Crippen LogP) is 2.24. The van der Waals surface area contributed by atoms with Crippen LogP contribution < -0.4 is 11.1 Å². The Morgan fingerprint density at radius 3 is 2.45 bits per heavy atom. The van der Waals surface area contributed by atoms with Crippen molar-refractivity contribution in [1.82, 2.24) is 14.5 Å². The second-order valence-corrected chi connectivity index (χ2v) is 10.3. The Morgan fingerprint density at radius 1 is 1.14 bits per heavy atom. The van der Waals surface area contributed by atoms with E-state index in [9.17, 15) is 8.42 Å². The summed E-state index contributed by atoms with van der Waals surface area (Å²) in [5.74, 6) is 1.06. The van der Waals surface area contributed by atoms with Crippen LogP contribution in [0.2, 0.25) is 0 Å². The molecule has 1 saturated heterocycles. The van der Waals surface area contributed by atoms with Crippen molar-refractivity contribution in [2.75, 3.05) is 33.2 Å². The Kier molecular flexibility index (Phi) is 8.92. The maximum absolute atomic E-state index is 13.1. The van der Waals surface area contributed by atoms with Crippen molar-refractivity contribution in [2.24, 2.45) is 16.6 Å². The van der Waals surface area contributed by atoms with Gasteiger partial charge in [0.15, 0.2) is 5.96 Å². The number of aliphatic imine (C=N–C) groups is 1. The maximum Gasteiger partial charge on any atom is 0.243 e. The van der Waals surface area contributed by atoms with E-state index in [1.807, 2.05) is 19.2 Å². The van der Waals surface area contributed by atoms with Crippen LogP contribution in [0.3, 0.4) is 0 Å². The lowest BCUT2D eigenvalue weighted by molar-refractivity contribution is 0.222. The summed E-state index contributed by atoms with van der Waals surface area (Å²) in [5, 5.41) is 3.21. The normalized spacial score (nSPS) is 18.2. The molecule has 0 aliphatic carbocycles. The minimum atomic E-state index is -3.53. The van der Waals surface area contributed by atoms with Crippen molar-refractivity contribution in [3.63, 3.8) is 0 Å². The van der Waals surface area contributed by atoms with Crippen molar-refractivity contribution < 1.29 is 8.42 Å². The van der Waals surface area contributed by atoms with Gasteiger partial charge in [-0.3, -0.25) is 0 Å². The fourth-order valence-corrected chi connectivity index (χ4v) is 5.06. The third kappa shape index (κ3) is 7.28. The molecule has 1 fully saturated rings. The van der Waals surface area contributed by atoms with Gasteiger partial charge in [0, 0.05) is 32.2 Å². The summed E-state index contributed by atoms with van der Waals surface area (Å²) in [4.78, 5) is 6.86. The number of piperazine rings is 1. The van der Waals surface area contributed by atoms with Crippen molar-refractivity contribution in [3.8, 4) is 0 Å². The Hall–Kier alpha value is -1.64. The molecule has 1 aromatic carbocycles. The van der Waals surface area contributed by atoms with E-state index in [1.54, 1.807) is 16.4 Å². The fourth-order valence-electron chi connectivity index (χ4n) is 3.43. The second-order valence-electron chi connectivity index (χ2n) is 8.39. The summed E-state index contributed by atoms with van der Waals surface area (Å²) in [7, 11) is -1.52. The molecule has 0 amide bonds. The van der Waals surface area contributed by atoms with Crippen LogP contribution in [0.5, 0.6) is 0 Å². The fraction of sp³-hybridized carbons (Fsp3) is 0.667. The zero-order valence-electron chi connectivity index (χ0n) is 18.3. The standard InChI is InChI=1S/C21H37N5O2S/c1-17(2)8-7-9-18(3)24-21(22)23-16-19-10-5-6-11-20(19)29(27,28)26-14-12-25(4)13-15-26/h5-6,10-11,17-18H,7-9,12-16H2,1-4H3,(H3,22,23,24). The van der Waals surface area contributed by atoms with E-state index in [-0.39, 0.29) is 12.6 Å². The molecule has 1 aromatic rings. The molecule has 1 unspecified atom stereocenters. The van der Waals surface area contributed by atoms with Crippen LogP contribution in [0.4, 0.5) is 0 Å². The topological polar surface area (TPSA) is 91.0 Å². The van der Waals surface area contributed by atoms with Crippen LogP contribution in [0.15, 0.2) is 34.2 Å². The zero-order chi connectivity index (χ0) is 21.4. The van der Waals surface area contributed by atoms with Crippen LogP contribution in [-0.4, -0.2) is 62.9 Å². The monoisotopic (exact) mass is 423 g/mol. The lowest BCUT2D eigenvalue weighted by atomic mass is 10.0. The smallest absolute Gasteiger partial charge is 0.243 e. The van der Waals surface area contributed by atoms with E-state index in [1.165, 1.54) is 6.42 Å². The molecular formula is C21H37N5O2S. The van der Waals surface area contributed by atoms with Gasteiger partial charge in [-0.25, -0.2) is 13.4 Å². The quantitative estimate of drug-likeness (QED) is 0.470. The molecular weight excluding hydrogens is 386 g/mol. The Balaban J connectivity index is 2.02. The Labute approximate surface area is 176 Å². The average Bonchev–Trinajstić information content (AvgIpc) is 2.66. The molecule has 1 aliphatic heterocycles. The molecule has 7 nitrogen and oxygen atoms in total. The van der Waals surface area contributed by atoms with Crippen LogP contribution in [0.25, 0.3) is 0 Å². The Morgan fingerprint density at radius 2 is 1.79 bits per heavy atom. The summed E-state index contributed by atoms with van der Waals surface area (Å²) in [5.41, 5.74) is 6.71. The molecule has 164 valence electrons. The number of nitrogens with two attached hydrogens (primary N) is 1. The molecule has 1 heterocycles. The van der Waals surface area contributed by atoms with Gasteiger partial charge in [0.1, 0.15) is 0 Å². The molecule has 2 rings (SSSR count). The molecule has 3 N–H and O–H groups in total. The molecule has 1 atom stereocenters. The van der Waals surface area contributed by atoms with Gasteiger partial charge >= 0.3 is 0 Å². The summed E-state index contributed by atoms with van der Waals surface area (Å²) in [6.07, 6.45) is 3.37. The lowest BCUT2D eigenvalue weighted by Crippen LogP contribution is -2.47. The lowest BCUT2D eigenvalue weighted by Gasteiger charge is -2.32. The highest BCUT2D eigenvalue weighted by Gasteiger charge is 2.29. The number of nitrogens with one attached hydrogen (secondary N) is 1. The number of sulfonamides is 1. The first-order valence-electron chi connectivity index (χ1n) is 10.5. The van der Waals surface area contributed by atoms with E-state index in [4.69, 9.17) is 5.73 Å². The highest BCUT2D eigenvalue weighted by molar-refractivity contribution is 7.89. The first-order chi connectivity index (χ1) is 13.7. The maximum atomic E-state index is 13.1. The molecule has 0 spiro atoms. The number of nitrogens with zero attached hydrogens (tertiary/aromatic N) is 3. The molecule has 0 radical (unpaired) electrons. The third-order valence-corrected chi connectivity index (χ3v) is 7.28. The average molecular weight is 424 g/mol. The molecule has 1 aliphatic rings. The molecule has 0 bridgehead atoms. The number of hydrogen-bond acceptors (Lipinski definition) is 4. The van der Waals surface area contributed by atoms with Gasteiger partial charge < -0.3 is 16.0 Å². The highest BCUT2D eigenvalue weighted by Crippen LogP contribution is 2.22. The van der Waals surface area contributed by atoms with Gasteiger partial charge in [0.05, 0.1) is 11.4 Å². The van der Waals surface area contributed by atoms with Gasteiger partial charge in [-0.05, 0) is 37.9 Å². The number of hydrogen-bond donors (Lipinski definition) is 2. The largest absolute Gasteiger partial charge is 0.370 e. The Bertz CT molecular complexity index is 771. The van der Waals surface area contributed by atoms with Crippen molar-refractivity contribution in [2.45, 2.75) is 57.5 Å².